The molecule has 0 aromatic heterocycles. The minimum atomic E-state index is -0.736. The van der Waals surface area contributed by atoms with Gasteiger partial charge in [-0.15, -0.1) is 5.06 Å². The molecule has 1 fully saturated rings. The predicted octanol–water partition coefficient (Wildman–Crippen LogP) is -1.41. The third kappa shape index (κ3) is 10.9. The number of nitrogens with one attached hydrogen (secondary N) is 1. The summed E-state index contributed by atoms with van der Waals surface area (Å²) in [7, 11) is 0. The Morgan fingerprint density at radius 1 is 1.00 bits per heavy atom. The lowest BCUT2D eigenvalue weighted by molar-refractivity contribution is -0.197. The van der Waals surface area contributed by atoms with Gasteiger partial charge in [-0.2, -0.15) is 0 Å². The number of ether oxygens (including phenoxy) is 3. The topological polar surface area (TPSA) is 161 Å². The second kappa shape index (κ2) is 14.8. The molecule has 12 heteroatoms. The highest BCUT2D eigenvalue weighted by molar-refractivity contribution is 6.01. The molecule has 29 heavy (non-hydrogen) atoms. The molecule has 1 rings (SSSR count). The van der Waals surface area contributed by atoms with Crippen molar-refractivity contribution in [2.45, 2.75) is 44.6 Å². The monoisotopic (exact) mass is 420 g/mol. The Balaban J connectivity index is 2.03. The Morgan fingerprint density at radius 2 is 1.69 bits per heavy atom. The molecule has 12 nitrogen and oxygen atoms in total. The zero-order valence-corrected chi connectivity index (χ0v) is 16.2. The lowest BCUT2D eigenvalue weighted by Gasteiger charge is -2.16. The molecule has 0 aromatic rings. The molecule has 0 radical (unpaired) electrons. The number of carbonyl (C=O) groups excluding carboxylic acids is 4. The summed E-state index contributed by atoms with van der Waals surface area (Å²) >= 11 is 0. The summed E-state index contributed by atoms with van der Waals surface area (Å²) in [4.78, 5) is 50.7. The molecule has 3 N–H and O–H groups in total. The van der Waals surface area contributed by atoms with E-state index in [9.17, 15) is 19.2 Å². The first-order valence-electron chi connectivity index (χ1n) is 9.30. The number of rotatable bonds is 16. The Labute approximate surface area is 168 Å². The molecule has 3 amide bonds. The van der Waals surface area contributed by atoms with Crippen molar-refractivity contribution in [2.75, 3.05) is 40.0 Å². The van der Waals surface area contributed by atoms with Crippen molar-refractivity contribution in [3.05, 3.63) is 0 Å². The van der Waals surface area contributed by atoms with Crippen LogP contribution in [-0.2, 0) is 38.2 Å². The van der Waals surface area contributed by atoms with Crippen molar-refractivity contribution in [2.24, 2.45) is 0 Å². The molecule has 1 unspecified atom stereocenters. The van der Waals surface area contributed by atoms with E-state index in [1.165, 1.54) is 0 Å². The SMILES string of the molecule is O=C(CCCC(=O)ON1C(=O)CCC1=O)NCCCOCC(COCO)OCO. The molecule has 0 saturated carbocycles. The third-order valence-electron chi connectivity index (χ3n) is 3.78. The number of imide groups is 1. The fourth-order valence-electron chi connectivity index (χ4n) is 2.34. The zero-order valence-electron chi connectivity index (χ0n) is 16.2. The van der Waals surface area contributed by atoms with Gasteiger partial charge < -0.3 is 34.6 Å². The Hall–Kier alpha value is -2.12. The minimum Gasteiger partial charge on any atom is -0.379 e. The maximum Gasteiger partial charge on any atom is 0.333 e. The number of aliphatic hydroxyl groups excluding tert-OH is 2. The molecular formula is C17H28N2O10. The van der Waals surface area contributed by atoms with Gasteiger partial charge in [-0.05, 0) is 12.8 Å². The number of carbonyl (C=O) groups is 4. The van der Waals surface area contributed by atoms with Gasteiger partial charge in [0.05, 0.1) is 13.2 Å². The van der Waals surface area contributed by atoms with Gasteiger partial charge in [-0.25, -0.2) is 4.79 Å². The van der Waals surface area contributed by atoms with E-state index in [4.69, 9.17) is 29.3 Å². The minimum absolute atomic E-state index is 0.0315. The predicted molar refractivity (Wildman–Crippen MR) is 94.5 cm³/mol. The van der Waals surface area contributed by atoms with Gasteiger partial charge in [-0.1, -0.05) is 0 Å². The van der Waals surface area contributed by atoms with Crippen molar-refractivity contribution in [3.8, 4) is 0 Å². The van der Waals surface area contributed by atoms with E-state index in [1.54, 1.807) is 0 Å². The van der Waals surface area contributed by atoms with Gasteiger partial charge >= 0.3 is 5.97 Å². The summed E-state index contributed by atoms with van der Waals surface area (Å²) in [5.41, 5.74) is 0. The molecular weight excluding hydrogens is 392 g/mol. The van der Waals surface area contributed by atoms with E-state index in [0.717, 1.165) is 0 Å². The average Bonchev–Trinajstić information content (AvgIpc) is 3.00. The van der Waals surface area contributed by atoms with Crippen molar-refractivity contribution in [3.63, 3.8) is 0 Å². The number of hydroxylamine groups is 2. The smallest absolute Gasteiger partial charge is 0.333 e. The van der Waals surface area contributed by atoms with Crippen LogP contribution in [0, 0.1) is 0 Å². The van der Waals surface area contributed by atoms with E-state index < -0.39 is 37.5 Å². The second-order valence-electron chi connectivity index (χ2n) is 6.09. The summed E-state index contributed by atoms with van der Waals surface area (Å²) in [5, 5.41) is 20.5. The van der Waals surface area contributed by atoms with Crippen LogP contribution >= 0.6 is 0 Å². The number of hydrogen-bond donors (Lipinski definition) is 3. The van der Waals surface area contributed by atoms with Crippen LogP contribution in [0.4, 0.5) is 0 Å². The number of hydrogen-bond acceptors (Lipinski definition) is 10. The normalized spacial score (nSPS) is 14.9. The van der Waals surface area contributed by atoms with Crippen LogP contribution in [0.15, 0.2) is 0 Å². The van der Waals surface area contributed by atoms with Crippen molar-refractivity contribution in [1.29, 1.82) is 0 Å². The van der Waals surface area contributed by atoms with E-state index in [0.29, 0.717) is 24.6 Å². The summed E-state index contributed by atoms with van der Waals surface area (Å²) in [6.45, 7) is 0.0171. The Kier molecular flexibility index (Phi) is 12.7. The van der Waals surface area contributed by atoms with Crippen LogP contribution in [0.2, 0.25) is 0 Å². The zero-order chi connectivity index (χ0) is 21.5. The summed E-state index contributed by atoms with van der Waals surface area (Å²) in [5.74, 6) is -2.07. The third-order valence-corrected chi connectivity index (χ3v) is 3.78. The first-order chi connectivity index (χ1) is 14.0. The lowest BCUT2D eigenvalue weighted by Crippen LogP contribution is -2.32. The first kappa shape index (κ1) is 24.9. The van der Waals surface area contributed by atoms with Crippen molar-refractivity contribution in [1.82, 2.24) is 10.4 Å². The molecule has 0 bridgehead atoms. The fraction of sp³-hybridized carbons (Fsp3) is 0.765. The second-order valence-corrected chi connectivity index (χ2v) is 6.09. The Bertz CT molecular complexity index is 526. The summed E-state index contributed by atoms with van der Waals surface area (Å²) in [6, 6.07) is 0. The van der Waals surface area contributed by atoms with Crippen LogP contribution in [0.25, 0.3) is 0 Å². The van der Waals surface area contributed by atoms with E-state index >= 15 is 0 Å². The van der Waals surface area contributed by atoms with Crippen molar-refractivity contribution >= 4 is 23.7 Å². The number of nitrogens with zero attached hydrogens (tertiary/aromatic N) is 1. The van der Waals surface area contributed by atoms with Crippen LogP contribution < -0.4 is 5.32 Å². The van der Waals surface area contributed by atoms with E-state index in [1.807, 2.05) is 0 Å². The Morgan fingerprint density at radius 3 is 2.34 bits per heavy atom. The number of aliphatic hydroxyl groups is 2. The molecule has 1 saturated heterocycles. The van der Waals surface area contributed by atoms with Gasteiger partial charge in [-0.3, -0.25) is 14.4 Å². The van der Waals surface area contributed by atoms with Crippen molar-refractivity contribution < 1.29 is 48.4 Å². The lowest BCUT2D eigenvalue weighted by atomic mass is 10.2. The molecule has 0 aliphatic carbocycles. The quantitative estimate of drug-likeness (QED) is 0.154. The summed E-state index contributed by atoms with van der Waals surface area (Å²) < 4.78 is 15.1. The maximum absolute atomic E-state index is 11.7. The molecule has 1 aliphatic rings. The van der Waals surface area contributed by atoms with Crippen LogP contribution in [0.3, 0.4) is 0 Å². The highest BCUT2D eigenvalue weighted by Crippen LogP contribution is 2.13. The first-order valence-corrected chi connectivity index (χ1v) is 9.30. The van der Waals surface area contributed by atoms with Gasteiger partial charge in [0.1, 0.15) is 19.7 Å². The van der Waals surface area contributed by atoms with Gasteiger partial charge in [0.15, 0.2) is 0 Å². The standard InChI is InChI=1S/C17H28N2O10/c20-11-27-10-13(28-12-21)9-26-8-2-7-18-14(22)3-1-4-17(25)29-19-15(23)5-6-16(19)24/h13,20-21H,1-12H2,(H,18,22). The van der Waals surface area contributed by atoms with Gasteiger partial charge in [0.25, 0.3) is 11.8 Å². The highest BCUT2D eigenvalue weighted by atomic mass is 16.7. The number of amides is 3. The molecule has 1 aliphatic heterocycles. The van der Waals surface area contributed by atoms with Crippen LogP contribution in [0.5, 0.6) is 0 Å². The highest BCUT2D eigenvalue weighted by Gasteiger charge is 2.32. The average molecular weight is 420 g/mol. The van der Waals surface area contributed by atoms with Crippen LogP contribution in [-0.4, -0.2) is 85.0 Å². The van der Waals surface area contributed by atoms with Crippen LogP contribution in [0.1, 0.15) is 38.5 Å². The molecule has 1 heterocycles. The van der Waals surface area contributed by atoms with E-state index in [-0.39, 0.29) is 51.2 Å². The van der Waals surface area contributed by atoms with E-state index in [2.05, 4.69) is 5.32 Å². The maximum atomic E-state index is 11.7. The fourth-order valence-corrected chi connectivity index (χ4v) is 2.34. The summed E-state index contributed by atoms with van der Waals surface area (Å²) in [6.07, 6.45) is 0.335. The largest absolute Gasteiger partial charge is 0.379 e. The van der Waals surface area contributed by atoms with Gasteiger partial charge in [0, 0.05) is 38.8 Å². The molecule has 1 atom stereocenters. The van der Waals surface area contributed by atoms with Gasteiger partial charge in [0.2, 0.25) is 5.91 Å². The molecule has 166 valence electrons. The molecule has 0 aromatic carbocycles. The molecule has 0 spiro atoms.